The van der Waals surface area contributed by atoms with Crippen molar-refractivity contribution < 1.29 is 19.9 Å². The van der Waals surface area contributed by atoms with Gasteiger partial charge in [-0.1, -0.05) is 21.6 Å². The van der Waals surface area contributed by atoms with E-state index in [1.54, 1.807) is 6.92 Å². The Morgan fingerprint density at radius 1 is 1.53 bits per heavy atom. The summed E-state index contributed by atoms with van der Waals surface area (Å²) in [5, 5.41) is 28.5. The molecular formula is C9H9NO5S2. The van der Waals surface area contributed by atoms with Crippen LogP contribution in [0.15, 0.2) is 23.1 Å². The molecule has 0 saturated heterocycles. The maximum Gasteiger partial charge on any atom is 0.342 e. The molecule has 92 valence electrons. The molecule has 1 rings (SSSR count). The highest BCUT2D eigenvalue weighted by Gasteiger charge is 2.20. The number of nitrogens with zero attached hydrogens (tertiary/aromatic N) is 1. The molecule has 1 aromatic rings. The SMILES string of the molecule is CC(O)SSc1ccc([N+](=O)[O-])c(C(=O)O)c1. The summed E-state index contributed by atoms with van der Waals surface area (Å²) in [6, 6.07) is 3.82. The van der Waals surface area contributed by atoms with Gasteiger partial charge in [0.15, 0.2) is 0 Å². The highest BCUT2D eigenvalue weighted by molar-refractivity contribution is 8.76. The van der Waals surface area contributed by atoms with Crippen molar-refractivity contribution in [3.8, 4) is 0 Å². The normalized spacial score (nSPS) is 12.1. The number of carbonyl (C=O) groups is 1. The third kappa shape index (κ3) is 3.91. The van der Waals surface area contributed by atoms with Gasteiger partial charge in [0.1, 0.15) is 11.0 Å². The summed E-state index contributed by atoms with van der Waals surface area (Å²) >= 11 is 0. The Balaban J connectivity index is 3.02. The van der Waals surface area contributed by atoms with Crippen LogP contribution in [0.2, 0.25) is 0 Å². The average Bonchev–Trinajstić information content (AvgIpc) is 2.25. The first-order valence-electron chi connectivity index (χ1n) is 4.45. The number of benzene rings is 1. The Morgan fingerprint density at radius 3 is 2.65 bits per heavy atom. The van der Waals surface area contributed by atoms with Crippen LogP contribution in [0.4, 0.5) is 5.69 Å². The fourth-order valence-electron chi connectivity index (χ4n) is 1.02. The Morgan fingerprint density at radius 2 is 2.18 bits per heavy atom. The topological polar surface area (TPSA) is 101 Å². The summed E-state index contributed by atoms with van der Waals surface area (Å²) < 4.78 is 0. The van der Waals surface area contributed by atoms with Gasteiger partial charge in [-0.2, -0.15) is 0 Å². The molecule has 0 bridgehead atoms. The first-order valence-corrected chi connectivity index (χ1v) is 6.66. The van der Waals surface area contributed by atoms with Crippen LogP contribution in [0, 0.1) is 10.1 Å². The number of nitro benzene ring substituents is 1. The first-order chi connectivity index (χ1) is 7.91. The van der Waals surface area contributed by atoms with Gasteiger partial charge in [-0.05, 0) is 19.1 Å². The lowest BCUT2D eigenvalue weighted by Gasteiger charge is -2.04. The fourth-order valence-corrected chi connectivity index (χ4v) is 2.62. The van der Waals surface area contributed by atoms with Gasteiger partial charge in [0.2, 0.25) is 0 Å². The average molecular weight is 275 g/mol. The van der Waals surface area contributed by atoms with E-state index in [1.165, 1.54) is 12.1 Å². The Bertz CT molecular complexity index is 449. The zero-order valence-electron chi connectivity index (χ0n) is 8.69. The van der Waals surface area contributed by atoms with Crippen molar-refractivity contribution in [1.29, 1.82) is 0 Å². The Hall–Kier alpha value is -1.25. The number of rotatable bonds is 5. The van der Waals surface area contributed by atoms with E-state index in [0.29, 0.717) is 4.90 Å². The number of aliphatic hydroxyl groups excluding tert-OH is 1. The number of hydrogen-bond acceptors (Lipinski definition) is 6. The van der Waals surface area contributed by atoms with E-state index in [4.69, 9.17) is 10.2 Å². The van der Waals surface area contributed by atoms with Crippen molar-refractivity contribution in [2.75, 3.05) is 0 Å². The van der Waals surface area contributed by atoms with Gasteiger partial charge in [-0.25, -0.2) is 4.79 Å². The molecule has 0 aromatic heterocycles. The molecule has 1 unspecified atom stereocenters. The van der Waals surface area contributed by atoms with Crippen LogP contribution in [0.1, 0.15) is 17.3 Å². The number of carboxylic acids is 1. The van der Waals surface area contributed by atoms with Crippen molar-refractivity contribution in [2.24, 2.45) is 0 Å². The molecule has 8 heteroatoms. The van der Waals surface area contributed by atoms with E-state index in [-0.39, 0.29) is 5.56 Å². The van der Waals surface area contributed by atoms with Crippen LogP contribution in [0.3, 0.4) is 0 Å². The second-order valence-corrected chi connectivity index (χ2v) is 5.61. The second kappa shape index (κ2) is 5.89. The van der Waals surface area contributed by atoms with Crippen LogP contribution in [0.25, 0.3) is 0 Å². The summed E-state index contributed by atoms with van der Waals surface area (Å²) in [5.41, 5.74) is -1.40. The smallest absolute Gasteiger partial charge is 0.342 e. The van der Waals surface area contributed by atoms with Gasteiger partial charge in [0.05, 0.1) is 4.92 Å². The quantitative estimate of drug-likeness (QED) is 0.368. The molecule has 0 fully saturated rings. The fraction of sp³-hybridized carbons (Fsp3) is 0.222. The minimum Gasteiger partial charge on any atom is -0.477 e. The maximum absolute atomic E-state index is 10.8. The molecule has 17 heavy (non-hydrogen) atoms. The van der Waals surface area contributed by atoms with Gasteiger partial charge < -0.3 is 10.2 Å². The summed E-state index contributed by atoms with van der Waals surface area (Å²) in [6.45, 7) is 1.57. The van der Waals surface area contributed by atoms with E-state index >= 15 is 0 Å². The van der Waals surface area contributed by atoms with Crippen LogP contribution in [0.5, 0.6) is 0 Å². The van der Waals surface area contributed by atoms with E-state index in [0.717, 1.165) is 27.7 Å². The molecule has 6 nitrogen and oxygen atoms in total. The van der Waals surface area contributed by atoms with Crippen LogP contribution in [-0.4, -0.2) is 26.5 Å². The third-order valence-electron chi connectivity index (χ3n) is 1.68. The molecule has 0 aliphatic heterocycles. The predicted molar refractivity (Wildman–Crippen MR) is 65.2 cm³/mol. The molecule has 0 spiro atoms. The molecule has 0 amide bonds. The van der Waals surface area contributed by atoms with E-state index in [2.05, 4.69) is 0 Å². The van der Waals surface area contributed by atoms with Crippen LogP contribution < -0.4 is 0 Å². The lowest BCUT2D eigenvalue weighted by atomic mass is 10.2. The number of carboxylic acid groups (broad SMARTS) is 1. The van der Waals surface area contributed by atoms with E-state index in [1.807, 2.05) is 0 Å². The predicted octanol–water partition coefficient (Wildman–Crippen LogP) is 2.37. The summed E-state index contributed by atoms with van der Waals surface area (Å²) in [6.07, 6.45) is 0. The number of aromatic carboxylic acids is 1. The Kier molecular flexibility index (Phi) is 4.79. The number of aliphatic hydroxyl groups is 1. The molecule has 0 aliphatic rings. The Labute approximate surface area is 105 Å². The van der Waals surface area contributed by atoms with E-state index < -0.39 is 22.0 Å². The monoisotopic (exact) mass is 275 g/mol. The van der Waals surface area contributed by atoms with E-state index in [9.17, 15) is 14.9 Å². The van der Waals surface area contributed by atoms with Gasteiger partial charge in [-0.3, -0.25) is 10.1 Å². The summed E-state index contributed by atoms with van der Waals surface area (Å²) in [4.78, 5) is 21.2. The second-order valence-electron chi connectivity index (χ2n) is 3.02. The van der Waals surface area contributed by atoms with Gasteiger partial charge in [0, 0.05) is 11.0 Å². The molecule has 1 aromatic carbocycles. The van der Waals surface area contributed by atoms with Crippen molar-refractivity contribution in [2.45, 2.75) is 17.3 Å². The lowest BCUT2D eigenvalue weighted by molar-refractivity contribution is -0.385. The summed E-state index contributed by atoms with van der Waals surface area (Å²) in [7, 11) is 2.29. The molecule has 0 heterocycles. The summed E-state index contributed by atoms with van der Waals surface area (Å²) in [5.74, 6) is -1.35. The zero-order valence-corrected chi connectivity index (χ0v) is 10.3. The van der Waals surface area contributed by atoms with Crippen LogP contribution in [-0.2, 0) is 0 Å². The lowest BCUT2D eigenvalue weighted by Crippen LogP contribution is -2.02. The van der Waals surface area contributed by atoms with Crippen molar-refractivity contribution >= 4 is 33.2 Å². The van der Waals surface area contributed by atoms with Crippen molar-refractivity contribution in [1.82, 2.24) is 0 Å². The maximum atomic E-state index is 10.8. The van der Waals surface area contributed by atoms with Crippen molar-refractivity contribution in [3.05, 3.63) is 33.9 Å². The van der Waals surface area contributed by atoms with Gasteiger partial charge in [0.25, 0.3) is 5.69 Å². The van der Waals surface area contributed by atoms with Crippen molar-refractivity contribution in [3.63, 3.8) is 0 Å². The van der Waals surface area contributed by atoms with Gasteiger partial charge >= 0.3 is 5.97 Å². The molecule has 2 N–H and O–H groups in total. The molecule has 0 aliphatic carbocycles. The molecule has 0 saturated carbocycles. The molecule has 1 atom stereocenters. The zero-order chi connectivity index (χ0) is 13.0. The third-order valence-corrected chi connectivity index (χ3v) is 4.20. The highest BCUT2D eigenvalue weighted by Crippen LogP contribution is 2.35. The minimum atomic E-state index is -1.35. The molecular weight excluding hydrogens is 266 g/mol. The molecule has 0 radical (unpaired) electrons. The first kappa shape index (κ1) is 13.8. The van der Waals surface area contributed by atoms with Gasteiger partial charge in [-0.15, -0.1) is 0 Å². The number of nitro groups is 1. The minimum absolute atomic E-state index is 0.355. The number of hydrogen-bond donors (Lipinski definition) is 2. The van der Waals surface area contributed by atoms with Crippen LogP contribution >= 0.6 is 21.6 Å². The standard InChI is InChI=1S/C9H9NO5S2/c1-5(11)16-17-6-2-3-8(10(14)15)7(4-6)9(12)13/h2-5,11H,1H3,(H,12,13). The highest BCUT2D eigenvalue weighted by atomic mass is 33.1. The largest absolute Gasteiger partial charge is 0.477 e.